The zero-order chi connectivity index (χ0) is 9.97. The molecule has 0 amide bonds. The molecule has 2 N–H and O–H groups in total. The molecule has 0 aliphatic carbocycles. The number of hydrogen-bond acceptors (Lipinski definition) is 4. The fraction of sp³-hybridized carbons (Fsp3) is 0.200. The highest BCUT2D eigenvalue weighted by Crippen LogP contribution is 2.23. The Bertz CT molecular complexity index is 456. The third-order valence-corrected chi connectivity index (χ3v) is 2.83. The Balaban J connectivity index is 2.56. The van der Waals surface area contributed by atoms with E-state index in [0.717, 1.165) is 16.7 Å². The van der Waals surface area contributed by atoms with Gasteiger partial charge in [-0.2, -0.15) is 0 Å². The van der Waals surface area contributed by atoms with Gasteiger partial charge >= 0.3 is 0 Å². The molecule has 0 bridgehead atoms. The van der Waals surface area contributed by atoms with Crippen LogP contribution < -0.4 is 5.73 Å². The maximum absolute atomic E-state index is 5.72. The molecular weight excluding hydrogens is 194 g/mol. The Morgan fingerprint density at radius 2 is 2.21 bits per heavy atom. The van der Waals surface area contributed by atoms with E-state index in [2.05, 4.69) is 23.0 Å². The molecule has 0 fully saturated rings. The van der Waals surface area contributed by atoms with Gasteiger partial charge in [0.1, 0.15) is 12.1 Å². The number of hydrogen-bond donors (Lipinski definition) is 1. The molecule has 1 aromatic carbocycles. The van der Waals surface area contributed by atoms with Crippen molar-refractivity contribution in [2.24, 2.45) is 0 Å². The molecule has 0 spiro atoms. The highest BCUT2D eigenvalue weighted by atomic mass is 32.2. The summed E-state index contributed by atoms with van der Waals surface area (Å²) in [6.45, 7) is 2.13. The SMILES string of the molecule is CCSc1ccc2c(N)ncnc2c1. The topological polar surface area (TPSA) is 51.8 Å². The number of aromatic nitrogens is 2. The minimum atomic E-state index is 0.544. The van der Waals surface area contributed by atoms with Crippen LogP contribution in [0.2, 0.25) is 0 Å². The number of benzene rings is 1. The third kappa shape index (κ3) is 1.65. The molecule has 1 aromatic heterocycles. The van der Waals surface area contributed by atoms with E-state index in [4.69, 9.17) is 5.73 Å². The molecule has 0 aliphatic heterocycles. The molecule has 1 heterocycles. The summed E-state index contributed by atoms with van der Waals surface area (Å²) in [5.74, 6) is 1.61. The third-order valence-electron chi connectivity index (χ3n) is 1.95. The maximum atomic E-state index is 5.72. The van der Waals surface area contributed by atoms with Gasteiger partial charge in [-0.25, -0.2) is 9.97 Å². The first-order valence-corrected chi connectivity index (χ1v) is 5.43. The number of anilines is 1. The van der Waals surface area contributed by atoms with Gasteiger partial charge in [-0.3, -0.25) is 0 Å². The largest absolute Gasteiger partial charge is 0.383 e. The predicted octanol–water partition coefficient (Wildman–Crippen LogP) is 2.32. The van der Waals surface area contributed by atoms with Crippen LogP contribution in [0, 0.1) is 0 Å². The summed E-state index contributed by atoms with van der Waals surface area (Å²) in [6.07, 6.45) is 1.50. The first-order valence-electron chi connectivity index (χ1n) is 4.44. The van der Waals surface area contributed by atoms with Gasteiger partial charge in [0.2, 0.25) is 0 Å². The van der Waals surface area contributed by atoms with Crippen molar-refractivity contribution in [1.29, 1.82) is 0 Å². The summed E-state index contributed by atoms with van der Waals surface area (Å²) >= 11 is 1.79. The smallest absolute Gasteiger partial charge is 0.134 e. The Kier molecular flexibility index (Phi) is 2.54. The van der Waals surface area contributed by atoms with Crippen LogP contribution in [0.5, 0.6) is 0 Å². The predicted molar refractivity (Wildman–Crippen MR) is 60.3 cm³/mol. The van der Waals surface area contributed by atoms with E-state index in [1.54, 1.807) is 11.8 Å². The molecule has 14 heavy (non-hydrogen) atoms. The van der Waals surface area contributed by atoms with Crippen molar-refractivity contribution < 1.29 is 0 Å². The number of fused-ring (bicyclic) bond motifs is 1. The Labute approximate surface area is 86.7 Å². The zero-order valence-corrected chi connectivity index (χ0v) is 8.71. The summed E-state index contributed by atoms with van der Waals surface area (Å²) in [4.78, 5) is 9.34. The van der Waals surface area contributed by atoms with Gasteiger partial charge in [0.15, 0.2) is 0 Å². The van der Waals surface area contributed by atoms with Gasteiger partial charge in [0, 0.05) is 10.3 Å². The standard InChI is InChI=1S/C10H11N3S/c1-2-14-7-3-4-8-9(5-7)12-6-13-10(8)11/h3-6H,2H2,1H3,(H2,11,12,13). The molecule has 0 saturated heterocycles. The second kappa shape index (κ2) is 3.84. The quantitative estimate of drug-likeness (QED) is 0.764. The normalized spacial score (nSPS) is 10.6. The fourth-order valence-electron chi connectivity index (χ4n) is 1.31. The molecule has 0 radical (unpaired) electrons. The van der Waals surface area contributed by atoms with Gasteiger partial charge in [-0.15, -0.1) is 11.8 Å². The highest BCUT2D eigenvalue weighted by molar-refractivity contribution is 7.99. The lowest BCUT2D eigenvalue weighted by atomic mass is 10.2. The first kappa shape index (κ1) is 9.27. The molecule has 2 aromatic rings. The van der Waals surface area contributed by atoms with Gasteiger partial charge in [0.25, 0.3) is 0 Å². The number of nitrogens with two attached hydrogens (primary N) is 1. The van der Waals surface area contributed by atoms with Crippen LogP contribution in [0.25, 0.3) is 10.9 Å². The van der Waals surface area contributed by atoms with E-state index < -0.39 is 0 Å². The van der Waals surface area contributed by atoms with E-state index in [1.165, 1.54) is 11.2 Å². The van der Waals surface area contributed by atoms with Gasteiger partial charge < -0.3 is 5.73 Å². The molecule has 4 heteroatoms. The number of rotatable bonds is 2. The van der Waals surface area contributed by atoms with Crippen molar-refractivity contribution in [3.63, 3.8) is 0 Å². The number of nitrogen functional groups attached to an aromatic ring is 1. The number of thioether (sulfide) groups is 1. The Morgan fingerprint density at radius 3 is 3.00 bits per heavy atom. The van der Waals surface area contributed by atoms with Gasteiger partial charge in [-0.1, -0.05) is 6.92 Å². The van der Waals surface area contributed by atoms with E-state index >= 15 is 0 Å². The van der Waals surface area contributed by atoms with Crippen molar-refractivity contribution in [2.45, 2.75) is 11.8 Å². The molecule has 2 rings (SSSR count). The lowest BCUT2D eigenvalue weighted by Crippen LogP contribution is -1.92. The average Bonchev–Trinajstić information content (AvgIpc) is 2.18. The molecule has 0 saturated carbocycles. The van der Waals surface area contributed by atoms with Crippen LogP contribution in [0.4, 0.5) is 5.82 Å². The highest BCUT2D eigenvalue weighted by Gasteiger charge is 2.00. The van der Waals surface area contributed by atoms with Crippen LogP contribution in [0.3, 0.4) is 0 Å². The van der Waals surface area contributed by atoms with Crippen molar-refractivity contribution in [3.05, 3.63) is 24.5 Å². The second-order valence-corrected chi connectivity index (χ2v) is 4.21. The number of nitrogens with zero attached hydrogens (tertiary/aromatic N) is 2. The van der Waals surface area contributed by atoms with Crippen molar-refractivity contribution in [1.82, 2.24) is 9.97 Å². The molecule has 72 valence electrons. The van der Waals surface area contributed by atoms with Crippen molar-refractivity contribution in [2.75, 3.05) is 11.5 Å². The average molecular weight is 205 g/mol. The Morgan fingerprint density at radius 1 is 1.36 bits per heavy atom. The Hall–Kier alpha value is -1.29. The zero-order valence-electron chi connectivity index (χ0n) is 7.90. The minimum absolute atomic E-state index is 0.544. The molecular formula is C10H11N3S. The molecule has 0 atom stereocenters. The summed E-state index contributed by atoms with van der Waals surface area (Å²) in [5, 5.41) is 0.924. The van der Waals surface area contributed by atoms with Crippen molar-refractivity contribution >= 4 is 28.5 Å². The van der Waals surface area contributed by atoms with Gasteiger partial charge in [-0.05, 0) is 24.0 Å². The van der Waals surface area contributed by atoms with E-state index in [0.29, 0.717) is 5.82 Å². The van der Waals surface area contributed by atoms with Crippen LogP contribution >= 0.6 is 11.8 Å². The van der Waals surface area contributed by atoms with E-state index in [1.807, 2.05) is 12.1 Å². The van der Waals surface area contributed by atoms with Crippen LogP contribution in [0.1, 0.15) is 6.92 Å². The summed E-state index contributed by atoms with van der Waals surface area (Å²) in [7, 11) is 0. The maximum Gasteiger partial charge on any atom is 0.134 e. The van der Waals surface area contributed by atoms with Gasteiger partial charge in [0.05, 0.1) is 5.52 Å². The van der Waals surface area contributed by atoms with Crippen LogP contribution in [0.15, 0.2) is 29.4 Å². The fourth-order valence-corrected chi connectivity index (χ4v) is 2.01. The van der Waals surface area contributed by atoms with E-state index in [-0.39, 0.29) is 0 Å². The lowest BCUT2D eigenvalue weighted by Gasteiger charge is -2.02. The lowest BCUT2D eigenvalue weighted by molar-refractivity contribution is 1.22. The van der Waals surface area contributed by atoms with Crippen LogP contribution in [-0.4, -0.2) is 15.7 Å². The second-order valence-electron chi connectivity index (χ2n) is 2.87. The molecule has 0 unspecified atom stereocenters. The first-order chi connectivity index (χ1) is 6.81. The van der Waals surface area contributed by atoms with E-state index in [9.17, 15) is 0 Å². The monoisotopic (exact) mass is 205 g/mol. The summed E-state index contributed by atoms with van der Waals surface area (Å²) < 4.78 is 0. The molecule has 3 nitrogen and oxygen atoms in total. The van der Waals surface area contributed by atoms with Crippen molar-refractivity contribution in [3.8, 4) is 0 Å². The minimum Gasteiger partial charge on any atom is -0.383 e. The van der Waals surface area contributed by atoms with Crippen LogP contribution in [-0.2, 0) is 0 Å². The molecule has 0 aliphatic rings. The summed E-state index contributed by atoms with van der Waals surface area (Å²) in [5.41, 5.74) is 6.64. The summed E-state index contributed by atoms with van der Waals surface area (Å²) in [6, 6.07) is 6.07.